The summed E-state index contributed by atoms with van der Waals surface area (Å²) in [4.78, 5) is 13.6. The lowest BCUT2D eigenvalue weighted by atomic mass is 9.81. The third-order valence-electron chi connectivity index (χ3n) is 6.47. The average molecular weight is 415 g/mol. The topological polar surface area (TPSA) is 73.6 Å². The monoisotopic (exact) mass is 414 g/mol. The second-order valence-electron chi connectivity index (χ2n) is 8.58. The van der Waals surface area contributed by atoms with Crippen molar-refractivity contribution in [1.29, 1.82) is 5.26 Å². The third kappa shape index (κ3) is 6.39. The molecule has 2 bridgehead atoms. The molecule has 0 spiro atoms. The van der Waals surface area contributed by atoms with Gasteiger partial charge in [0.05, 0.1) is 13.2 Å². The van der Waals surface area contributed by atoms with Gasteiger partial charge in [-0.25, -0.2) is 0 Å². The van der Waals surface area contributed by atoms with E-state index in [2.05, 4.69) is 30.9 Å². The van der Waals surface area contributed by atoms with Gasteiger partial charge in [0.25, 0.3) is 0 Å². The molecular formula is C25H38N2O3. The molecule has 3 rings (SSSR count). The van der Waals surface area contributed by atoms with Crippen molar-refractivity contribution in [2.24, 2.45) is 11.8 Å². The summed E-state index contributed by atoms with van der Waals surface area (Å²) >= 11 is 0. The van der Waals surface area contributed by atoms with Gasteiger partial charge < -0.3 is 14.7 Å². The highest BCUT2D eigenvalue weighted by Crippen LogP contribution is 2.44. The lowest BCUT2D eigenvalue weighted by molar-refractivity contribution is -0.141. The van der Waals surface area contributed by atoms with E-state index in [9.17, 15) is 9.90 Å². The van der Waals surface area contributed by atoms with Crippen LogP contribution in [-0.4, -0.2) is 30.3 Å². The Bertz CT molecular complexity index is 663. The second kappa shape index (κ2) is 12.5. The molecule has 0 saturated carbocycles. The number of carboxylic acid groups (broad SMARTS) is 1. The van der Waals surface area contributed by atoms with Crippen LogP contribution in [0.5, 0.6) is 5.75 Å². The van der Waals surface area contributed by atoms with Crippen LogP contribution in [0.2, 0.25) is 0 Å². The maximum absolute atomic E-state index is 11.2. The van der Waals surface area contributed by atoms with Gasteiger partial charge in [0, 0.05) is 17.8 Å². The Morgan fingerprint density at radius 3 is 2.03 bits per heavy atom. The normalized spacial score (nSPS) is 23.1. The fraction of sp³-hybridized carbons (Fsp3) is 0.680. The number of hydrogen-bond donors (Lipinski definition) is 1. The molecule has 2 aliphatic rings. The fourth-order valence-corrected chi connectivity index (χ4v) is 4.88. The second-order valence-corrected chi connectivity index (χ2v) is 8.58. The molecule has 3 atom stereocenters. The van der Waals surface area contributed by atoms with Gasteiger partial charge in [-0.15, -0.1) is 0 Å². The fourth-order valence-electron chi connectivity index (χ4n) is 4.88. The van der Waals surface area contributed by atoms with Crippen LogP contribution in [0.4, 0.5) is 5.69 Å². The molecule has 5 nitrogen and oxygen atoms in total. The van der Waals surface area contributed by atoms with E-state index in [1.165, 1.54) is 38.5 Å². The van der Waals surface area contributed by atoms with Crippen molar-refractivity contribution in [2.75, 3.05) is 12.0 Å². The zero-order chi connectivity index (χ0) is 21.9. The summed E-state index contributed by atoms with van der Waals surface area (Å²) in [5, 5.41) is 18.3. The quantitative estimate of drug-likeness (QED) is 0.499. The van der Waals surface area contributed by atoms with Crippen molar-refractivity contribution >= 4 is 11.7 Å². The number of unbranched alkanes of at least 4 members (excludes halogenated alkanes) is 5. The number of piperidine rings is 1. The number of rotatable bonds is 9. The highest BCUT2D eigenvalue weighted by Gasteiger charge is 2.44. The van der Waals surface area contributed by atoms with Gasteiger partial charge in [0.2, 0.25) is 0 Å². The van der Waals surface area contributed by atoms with Gasteiger partial charge in [-0.1, -0.05) is 52.4 Å². The number of nitriles is 1. The predicted octanol–water partition coefficient (Wildman–Crippen LogP) is 6.03. The SMILES string of the molecule is CCCCCCCC.COc1ccc(N2C3CCC2CC(C(C#N)C(=O)O)C3)cc1. The smallest absolute Gasteiger partial charge is 0.321 e. The molecule has 3 unspecified atom stereocenters. The summed E-state index contributed by atoms with van der Waals surface area (Å²) in [6.07, 6.45) is 12.2. The molecule has 2 aliphatic heterocycles. The van der Waals surface area contributed by atoms with Crippen molar-refractivity contribution in [3.8, 4) is 11.8 Å². The number of carboxylic acids is 1. The number of nitrogens with zero attached hydrogens (tertiary/aromatic N) is 2. The third-order valence-corrected chi connectivity index (χ3v) is 6.47. The van der Waals surface area contributed by atoms with Crippen molar-refractivity contribution < 1.29 is 14.6 Å². The molecule has 0 radical (unpaired) electrons. The average Bonchev–Trinajstić information content (AvgIpc) is 3.02. The van der Waals surface area contributed by atoms with E-state index in [4.69, 9.17) is 10.00 Å². The maximum Gasteiger partial charge on any atom is 0.321 e. The van der Waals surface area contributed by atoms with E-state index in [-0.39, 0.29) is 5.92 Å². The van der Waals surface area contributed by atoms with Gasteiger partial charge in [-0.3, -0.25) is 4.79 Å². The molecular weight excluding hydrogens is 376 g/mol. The zero-order valence-corrected chi connectivity index (χ0v) is 18.8. The molecule has 1 aromatic carbocycles. The van der Waals surface area contributed by atoms with Crippen molar-refractivity contribution in [3.63, 3.8) is 0 Å². The Morgan fingerprint density at radius 2 is 1.63 bits per heavy atom. The number of ether oxygens (including phenoxy) is 1. The molecule has 0 aromatic heterocycles. The molecule has 30 heavy (non-hydrogen) atoms. The predicted molar refractivity (Wildman–Crippen MR) is 121 cm³/mol. The van der Waals surface area contributed by atoms with E-state index in [0.29, 0.717) is 12.1 Å². The van der Waals surface area contributed by atoms with Gasteiger partial charge in [0.1, 0.15) is 11.7 Å². The molecule has 1 aromatic rings. The largest absolute Gasteiger partial charge is 0.497 e. The first kappa shape index (κ1) is 24.1. The highest BCUT2D eigenvalue weighted by atomic mass is 16.5. The lowest BCUT2D eigenvalue weighted by Gasteiger charge is -2.41. The standard InChI is InChI=1S/C17H20N2O3.C8H18/c1-22-15-6-4-12(5-7-15)19-13-2-3-14(19)9-11(8-13)16(10-18)17(20)21;1-3-5-7-8-6-4-2/h4-7,11,13-14,16H,2-3,8-9H2,1H3,(H,20,21);3-8H2,1-2H3. The van der Waals surface area contributed by atoms with Crippen LogP contribution >= 0.6 is 0 Å². The first-order valence-electron chi connectivity index (χ1n) is 11.6. The summed E-state index contributed by atoms with van der Waals surface area (Å²) in [7, 11) is 1.65. The van der Waals surface area contributed by atoms with Crippen molar-refractivity contribution in [3.05, 3.63) is 24.3 Å². The summed E-state index contributed by atoms with van der Waals surface area (Å²) in [5.41, 5.74) is 1.16. The van der Waals surface area contributed by atoms with Crippen molar-refractivity contribution in [1.82, 2.24) is 0 Å². The van der Waals surface area contributed by atoms with Crippen LogP contribution in [0.3, 0.4) is 0 Å². The van der Waals surface area contributed by atoms with E-state index >= 15 is 0 Å². The molecule has 0 aliphatic carbocycles. The Hall–Kier alpha value is -2.22. The number of hydrogen-bond acceptors (Lipinski definition) is 4. The number of anilines is 1. The van der Waals surface area contributed by atoms with Crippen LogP contribution < -0.4 is 9.64 Å². The van der Waals surface area contributed by atoms with Crippen LogP contribution in [0, 0.1) is 23.2 Å². The van der Waals surface area contributed by atoms with Crippen LogP contribution in [0.1, 0.15) is 78.1 Å². The van der Waals surface area contributed by atoms with Crippen LogP contribution in [0.25, 0.3) is 0 Å². The number of methoxy groups -OCH3 is 1. The minimum absolute atomic E-state index is 0.0329. The molecule has 0 amide bonds. The molecule has 1 N–H and O–H groups in total. The summed E-state index contributed by atoms with van der Waals surface area (Å²) in [5.74, 6) is -1.05. The minimum atomic E-state index is -0.982. The van der Waals surface area contributed by atoms with Gasteiger partial charge >= 0.3 is 5.97 Å². The number of fused-ring (bicyclic) bond motifs is 2. The van der Waals surface area contributed by atoms with Crippen LogP contribution in [0.15, 0.2) is 24.3 Å². The van der Waals surface area contributed by atoms with E-state index < -0.39 is 11.9 Å². The molecule has 166 valence electrons. The van der Waals surface area contributed by atoms with E-state index in [1.54, 1.807) is 7.11 Å². The number of benzene rings is 1. The summed E-state index contributed by atoms with van der Waals surface area (Å²) in [6, 6.07) is 10.7. The molecule has 2 saturated heterocycles. The number of carbonyl (C=O) groups is 1. The minimum Gasteiger partial charge on any atom is -0.497 e. The Labute approximate surface area is 182 Å². The Kier molecular flexibility index (Phi) is 10.00. The first-order chi connectivity index (χ1) is 14.5. The van der Waals surface area contributed by atoms with E-state index in [0.717, 1.165) is 37.1 Å². The summed E-state index contributed by atoms with van der Waals surface area (Å²) < 4.78 is 5.20. The molecule has 5 heteroatoms. The highest BCUT2D eigenvalue weighted by molar-refractivity contribution is 5.73. The zero-order valence-electron chi connectivity index (χ0n) is 18.8. The van der Waals surface area contributed by atoms with Crippen molar-refractivity contribution in [2.45, 2.75) is 90.1 Å². The van der Waals surface area contributed by atoms with Gasteiger partial charge in [-0.05, 0) is 55.9 Å². The van der Waals surface area contributed by atoms with E-state index in [1.807, 2.05) is 18.2 Å². The number of aliphatic carboxylic acids is 1. The van der Waals surface area contributed by atoms with Crippen LogP contribution in [-0.2, 0) is 4.79 Å². The first-order valence-corrected chi connectivity index (χ1v) is 11.6. The van der Waals surface area contributed by atoms with Gasteiger partial charge in [0.15, 0.2) is 0 Å². The maximum atomic E-state index is 11.2. The Morgan fingerprint density at radius 1 is 1.10 bits per heavy atom. The lowest BCUT2D eigenvalue weighted by Crippen LogP contribution is -2.45. The summed E-state index contributed by atoms with van der Waals surface area (Å²) in [6.45, 7) is 4.51. The molecule has 2 fully saturated rings. The van der Waals surface area contributed by atoms with Gasteiger partial charge in [-0.2, -0.15) is 5.26 Å². The molecule has 2 heterocycles. The Balaban J connectivity index is 0.000000343.